The van der Waals surface area contributed by atoms with E-state index in [9.17, 15) is 13.2 Å². The van der Waals surface area contributed by atoms with Gasteiger partial charge in [0.05, 0.1) is 18.7 Å². The molecule has 0 saturated heterocycles. The van der Waals surface area contributed by atoms with E-state index in [1.54, 1.807) is 30.3 Å². The van der Waals surface area contributed by atoms with Crippen molar-refractivity contribution in [2.45, 2.75) is 25.7 Å². The van der Waals surface area contributed by atoms with Gasteiger partial charge in [0.2, 0.25) is 0 Å². The minimum atomic E-state index is -4.29. The van der Waals surface area contributed by atoms with Crippen LogP contribution in [0.1, 0.15) is 12.5 Å². The van der Waals surface area contributed by atoms with E-state index in [1.807, 2.05) is 6.07 Å². The van der Waals surface area contributed by atoms with Crippen LogP contribution in [0, 0.1) is 11.3 Å². The summed E-state index contributed by atoms with van der Waals surface area (Å²) in [5, 5.41) is 8.72. The van der Waals surface area contributed by atoms with E-state index < -0.39 is 18.8 Å². The Balaban J connectivity index is 2.75. The zero-order valence-corrected chi connectivity index (χ0v) is 9.41. The topological polar surface area (TPSA) is 27.0 Å². The van der Waals surface area contributed by atoms with Crippen molar-refractivity contribution in [1.82, 2.24) is 4.90 Å². The average Bonchev–Trinajstić information content (AvgIpc) is 2.27. The smallest absolute Gasteiger partial charge is 0.275 e. The number of nitriles is 1. The van der Waals surface area contributed by atoms with E-state index in [0.29, 0.717) is 0 Å². The number of benzene rings is 1. The molecule has 92 valence electrons. The highest BCUT2D eigenvalue weighted by Gasteiger charge is 2.32. The number of hydrogen-bond acceptors (Lipinski definition) is 2. The minimum Gasteiger partial charge on any atom is -0.275 e. The van der Waals surface area contributed by atoms with Gasteiger partial charge in [0, 0.05) is 6.54 Å². The molecule has 1 aromatic carbocycles. The van der Waals surface area contributed by atoms with Gasteiger partial charge in [-0.05, 0) is 12.5 Å². The van der Waals surface area contributed by atoms with Crippen molar-refractivity contribution < 1.29 is 13.2 Å². The Bertz CT molecular complexity index is 381. The molecule has 1 unspecified atom stereocenters. The van der Waals surface area contributed by atoms with Crippen molar-refractivity contribution >= 4 is 0 Å². The molecule has 2 nitrogen and oxygen atoms in total. The summed E-state index contributed by atoms with van der Waals surface area (Å²) in [6.07, 6.45) is -4.29. The molecule has 0 radical (unpaired) electrons. The van der Waals surface area contributed by atoms with Gasteiger partial charge in [-0.3, -0.25) is 4.90 Å². The summed E-state index contributed by atoms with van der Waals surface area (Å²) in [5.74, 6) is 0. The first kappa shape index (κ1) is 13.5. The summed E-state index contributed by atoms with van der Waals surface area (Å²) in [7, 11) is 0. The van der Waals surface area contributed by atoms with Gasteiger partial charge in [-0.1, -0.05) is 30.3 Å². The second-order valence-electron chi connectivity index (χ2n) is 3.81. The first-order valence-electron chi connectivity index (χ1n) is 5.17. The fourth-order valence-electron chi connectivity index (χ4n) is 1.46. The predicted octanol–water partition coefficient (Wildman–Crippen LogP) is 2.96. The van der Waals surface area contributed by atoms with Gasteiger partial charge in [0.15, 0.2) is 0 Å². The maximum atomic E-state index is 12.4. The minimum absolute atomic E-state index is 0.120. The molecule has 0 spiro atoms. The van der Waals surface area contributed by atoms with Crippen LogP contribution in [-0.2, 0) is 6.54 Å². The third kappa shape index (κ3) is 4.87. The largest absolute Gasteiger partial charge is 0.401 e. The molecule has 0 heterocycles. The molecule has 17 heavy (non-hydrogen) atoms. The first-order valence-corrected chi connectivity index (χ1v) is 5.17. The number of hydrogen-bond donors (Lipinski definition) is 0. The molecule has 0 fully saturated rings. The average molecular weight is 242 g/mol. The summed E-state index contributed by atoms with van der Waals surface area (Å²) < 4.78 is 37.1. The van der Waals surface area contributed by atoms with Crippen LogP contribution in [0.25, 0.3) is 0 Å². The standard InChI is InChI=1S/C12H13F3N2/c1-10(7-16)17(9-12(13,14)15)8-11-5-3-2-4-6-11/h2-6,10H,8-9H2,1H3. The summed E-state index contributed by atoms with van der Waals surface area (Å²) in [6, 6.07) is 9.88. The molecular weight excluding hydrogens is 229 g/mol. The summed E-state index contributed by atoms with van der Waals surface area (Å²) >= 11 is 0. The van der Waals surface area contributed by atoms with Crippen LogP contribution in [0.5, 0.6) is 0 Å². The highest BCUT2D eigenvalue weighted by atomic mass is 19.4. The van der Waals surface area contributed by atoms with E-state index in [0.717, 1.165) is 10.5 Å². The fourth-order valence-corrected chi connectivity index (χ4v) is 1.46. The second kappa shape index (κ2) is 5.69. The molecule has 0 aromatic heterocycles. The second-order valence-corrected chi connectivity index (χ2v) is 3.81. The number of halogens is 3. The van der Waals surface area contributed by atoms with Crippen LogP contribution in [0.2, 0.25) is 0 Å². The van der Waals surface area contributed by atoms with Crippen LogP contribution in [0.3, 0.4) is 0 Å². The number of rotatable bonds is 4. The Morgan fingerprint density at radius 1 is 1.29 bits per heavy atom. The molecule has 0 aliphatic carbocycles. The molecule has 0 saturated carbocycles. The lowest BCUT2D eigenvalue weighted by atomic mass is 10.2. The highest BCUT2D eigenvalue weighted by Crippen LogP contribution is 2.19. The van der Waals surface area contributed by atoms with E-state index in [2.05, 4.69) is 0 Å². The van der Waals surface area contributed by atoms with Crippen LogP contribution in [0.4, 0.5) is 13.2 Å². The van der Waals surface area contributed by atoms with Crippen molar-refractivity contribution in [3.8, 4) is 6.07 Å². The van der Waals surface area contributed by atoms with Gasteiger partial charge in [-0.2, -0.15) is 18.4 Å². The lowest BCUT2D eigenvalue weighted by molar-refractivity contribution is -0.149. The molecule has 0 N–H and O–H groups in total. The molecule has 1 atom stereocenters. The molecule has 5 heteroatoms. The van der Waals surface area contributed by atoms with Crippen molar-refractivity contribution in [3.05, 3.63) is 35.9 Å². The zero-order chi connectivity index (χ0) is 12.9. The molecule has 0 amide bonds. The normalized spacial score (nSPS) is 13.4. The predicted molar refractivity (Wildman–Crippen MR) is 58.0 cm³/mol. The third-order valence-electron chi connectivity index (χ3n) is 2.35. The molecule has 1 aromatic rings. The summed E-state index contributed by atoms with van der Waals surface area (Å²) in [4.78, 5) is 1.11. The maximum absolute atomic E-state index is 12.4. The summed E-state index contributed by atoms with van der Waals surface area (Å²) in [5.41, 5.74) is 0.763. The maximum Gasteiger partial charge on any atom is 0.401 e. The quantitative estimate of drug-likeness (QED) is 0.811. The van der Waals surface area contributed by atoms with E-state index in [-0.39, 0.29) is 6.54 Å². The van der Waals surface area contributed by atoms with Crippen molar-refractivity contribution in [3.63, 3.8) is 0 Å². The Morgan fingerprint density at radius 2 is 1.88 bits per heavy atom. The Morgan fingerprint density at radius 3 is 2.35 bits per heavy atom. The van der Waals surface area contributed by atoms with Crippen molar-refractivity contribution in [1.29, 1.82) is 5.26 Å². The lowest BCUT2D eigenvalue weighted by Gasteiger charge is -2.25. The monoisotopic (exact) mass is 242 g/mol. The third-order valence-corrected chi connectivity index (χ3v) is 2.35. The van der Waals surface area contributed by atoms with E-state index >= 15 is 0 Å². The molecule has 1 rings (SSSR count). The Hall–Kier alpha value is -1.54. The first-order chi connectivity index (χ1) is 7.92. The Labute approximate surface area is 98.3 Å². The van der Waals surface area contributed by atoms with Gasteiger partial charge < -0.3 is 0 Å². The molecule has 0 aliphatic heterocycles. The van der Waals surface area contributed by atoms with Crippen LogP contribution in [0.15, 0.2) is 30.3 Å². The molecular formula is C12H13F3N2. The van der Waals surface area contributed by atoms with Gasteiger partial charge in [0.25, 0.3) is 0 Å². The summed E-state index contributed by atoms with van der Waals surface area (Å²) in [6.45, 7) is 0.514. The van der Waals surface area contributed by atoms with Crippen molar-refractivity contribution in [2.24, 2.45) is 0 Å². The van der Waals surface area contributed by atoms with E-state index in [1.165, 1.54) is 6.92 Å². The highest BCUT2D eigenvalue weighted by molar-refractivity contribution is 5.15. The van der Waals surface area contributed by atoms with Crippen LogP contribution in [-0.4, -0.2) is 23.7 Å². The van der Waals surface area contributed by atoms with Gasteiger partial charge in [-0.15, -0.1) is 0 Å². The van der Waals surface area contributed by atoms with Crippen LogP contribution >= 0.6 is 0 Å². The zero-order valence-electron chi connectivity index (χ0n) is 9.41. The SMILES string of the molecule is CC(C#N)N(Cc1ccccc1)CC(F)(F)F. The van der Waals surface area contributed by atoms with Crippen molar-refractivity contribution in [2.75, 3.05) is 6.54 Å². The molecule has 0 aliphatic rings. The lowest BCUT2D eigenvalue weighted by Crippen LogP contribution is -2.39. The fraction of sp³-hybridized carbons (Fsp3) is 0.417. The number of alkyl halides is 3. The van der Waals surface area contributed by atoms with Crippen LogP contribution < -0.4 is 0 Å². The molecule has 0 bridgehead atoms. The van der Waals surface area contributed by atoms with Gasteiger partial charge >= 0.3 is 6.18 Å². The van der Waals surface area contributed by atoms with Gasteiger partial charge in [0.1, 0.15) is 0 Å². The van der Waals surface area contributed by atoms with Gasteiger partial charge in [-0.25, -0.2) is 0 Å². The van der Waals surface area contributed by atoms with E-state index in [4.69, 9.17) is 5.26 Å². The number of nitrogens with zero attached hydrogens (tertiary/aromatic N) is 2. The Kier molecular flexibility index (Phi) is 4.53.